The van der Waals surface area contributed by atoms with Gasteiger partial charge in [0.15, 0.2) is 0 Å². The van der Waals surface area contributed by atoms with Gasteiger partial charge in [-0.05, 0) is 57.2 Å². The third-order valence-corrected chi connectivity index (χ3v) is 6.22. The number of rotatable bonds is 2. The number of hydrogen-bond acceptors (Lipinski definition) is 2. The molecule has 2 heteroatoms. The summed E-state index contributed by atoms with van der Waals surface area (Å²) in [5.41, 5.74) is 2.44. The van der Waals surface area contributed by atoms with E-state index >= 15 is 0 Å². The fraction of sp³-hybridized carbons (Fsp3) is 0.667. The van der Waals surface area contributed by atoms with Gasteiger partial charge in [-0.1, -0.05) is 30.3 Å². The highest BCUT2D eigenvalue weighted by molar-refractivity contribution is 5.29. The molecule has 3 heterocycles. The quantitative estimate of drug-likeness (QED) is 0.889. The average Bonchev–Trinajstić information content (AvgIpc) is 2.92. The first-order valence-corrected chi connectivity index (χ1v) is 8.35. The molecule has 4 aliphatic rings. The summed E-state index contributed by atoms with van der Waals surface area (Å²) in [6.45, 7) is 5.05. The molecule has 3 aliphatic heterocycles. The van der Waals surface area contributed by atoms with Crippen LogP contribution in [0.3, 0.4) is 0 Å². The van der Waals surface area contributed by atoms with Crippen molar-refractivity contribution in [1.82, 2.24) is 10.2 Å². The Kier molecular flexibility index (Phi) is 3.12. The summed E-state index contributed by atoms with van der Waals surface area (Å²) in [5.74, 6) is 0. The first kappa shape index (κ1) is 12.8. The minimum absolute atomic E-state index is 0.404. The summed E-state index contributed by atoms with van der Waals surface area (Å²) in [4.78, 5) is 2.81. The van der Waals surface area contributed by atoms with Gasteiger partial charge < -0.3 is 5.32 Å². The number of nitrogens with zero attached hydrogens (tertiary/aromatic N) is 1. The molecule has 2 bridgehead atoms. The van der Waals surface area contributed by atoms with Gasteiger partial charge in [0.2, 0.25) is 0 Å². The minimum Gasteiger partial charge on any atom is -0.314 e. The molecule has 1 aromatic rings. The van der Waals surface area contributed by atoms with Crippen LogP contribution in [0.1, 0.15) is 44.1 Å². The van der Waals surface area contributed by atoms with Crippen LogP contribution >= 0.6 is 0 Å². The number of nitrogens with one attached hydrogen (secondary N) is 1. The number of fused-ring (bicyclic) bond motifs is 4. The van der Waals surface area contributed by atoms with Crippen LogP contribution in [0, 0.1) is 0 Å². The van der Waals surface area contributed by atoms with Gasteiger partial charge in [0.1, 0.15) is 0 Å². The Morgan fingerprint density at radius 3 is 2.25 bits per heavy atom. The van der Waals surface area contributed by atoms with Gasteiger partial charge >= 0.3 is 0 Å². The van der Waals surface area contributed by atoms with Crippen LogP contribution in [0.5, 0.6) is 0 Å². The van der Waals surface area contributed by atoms with Crippen molar-refractivity contribution in [1.29, 1.82) is 0 Å². The Morgan fingerprint density at radius 1 is 0.850 bits per heavy atom. The predicted octanol–water partition coefficient (Wildman–Crippen LogP) is 2.94. The molecule has 0 aromatic heterocycles. The fourth-order valence-corrected chi connectivity index (χ4v) is 4.88. The maximum absolute atomic E-state index is 3.82. The molecule has 0 spiro atoms. The van der Waals surface area contributed by atoms with Crippen LogP contribution in [-0.4, -0.2) is 36.6 Å². The van der Waals surface area contributed by atoms with E-state index in [0.717, 1.165) is 0 Å². The van der Waals surface area contributed by atoms with Gasteiger partial charge in [-0.2, -0.15) is 0 Å². The smallest absolute Gasteiger partial charge is 0.0334 e. The van der Waals surface area contributed by atoms with E-state index in [1.807, 2.05) is 0 Å². The van der Waals surface area contributed by atoms with E-state index in [9.17, 15) is 0 Å². The summed E-state index contributed by atoms with van der Waals surface area (Å²) in [6, 6.07) is 11.2. The van der Waals surface area contributed by atoms with Crippen LogP contribution in [-0.2, 0) is 5.41 Å². The van der Waals surface area contributed by atoms with Gasteiger partial charge in [-0.3, -0.25) is 4.90 Å². The maximum atomic E-state index is 3.82. The molecule has 1 aromatic carbocycles. The largest absolute Gasteiger partial charge is 0.314 e. The molecule has 20 heavy (non-hydrogen) atoms. The third-order valence-electron chi connectivity index (χ3n) is 6.22. The van der Waals surface area contributed by atoms with Crippen LogP contribution < -0.4 is 5.32 Å². The number of likely N-dealkylation sites (tertiary alicyclic amines) is 1. The van der Waals surface area contributed by atoms with E-state index in [-0.39, 0.29) is 0 Å². The van der Waals surface area contributed by atoms with E-state index in [4.69, 9.17) is 0 Å². The van der Waals surface area contributed by atoms with Gasteiger partial charge in [-0.25, -0.2) is 0 Å². The summed E-state index contributed by atoms with van der Waals surface area (Å²) in [6.07, 6.45) is 8.31. The highest BCUT2D eigenvalue weighted by atomic mass is 15.2. The second-order valence-corrected chi connectivity index (χ2v) is 7.17. The molecule has 0 amide bonds. The Balaban J connectivity index is 1.61. The molecule has 5 rings (SSSR count). The van der Waals surface area contributed by atoms with E-state index in [1.165, 1.54) is 64.7 Å². The van der Waals surface area contributed by atoms with Gasteiger partial charge in [0, 0.05) is 24.0 Å². The van der Waals surface area contributed by atoms with Crippen LogP contribution in [0.15, 0.2) is 30.3 Å². The molecule has 4 fully saturated rings. The lowest BCUT2D eigenvalue weighted by Crippen LogP contribution is -2.53. The van der Waals surface area contributed by atoms with Crippen molar-refractivity contribution in [3.8, 4) is 0 Å². The lowest BCUT2D eigenvalue weighted by atomic mass is 9.65. The SMILES string of the molecule is c1ccc(C23CCC(N4CCCC4)(CC2)CNC3)cc1. The standard InChI is InChI=1S/C18H26N2/c1-2-6-16(7-3-1)17-8-10-18(11-9-17,15-19-14-17)20-12-4-5-13-20/h1-3,6-7,19H,4-5,8-15H2. The van der Waals surface area contributed by atoms with E-state index < -0.39 is 0 Å². The highest BCUT2D eigenvalue weighted by Crippen LogP contribution is 2.47. The van der Waals surface area contributed by atoms with E-state index in [0.29, 0.717) is 11.0 Å². The molecule has 0 radical (unpaired) electrons. The Bertz CT molecular complexity index is 454. The van der Waals surface area contributed by atoms with Crippen molar-refractivity contribution >= 4 is 0 Å². The maximum Gasteiger partial charge on any atom is 0.0334 e. The van der Waals surface area contributed by atoms with Crippen molar-refractivity contribution in [2.75, 3.05) is 26.2 Å². The second-order valence-electron chi connectivity index (χ2n) is 7.17. The lowest BCUT2D eigenvalue weighted by Gasteiger charge is -2.47. The van der Waals surface area contributed by atoms with Gasteiger partial charge in [0.05, 0.1) is 0 Å². The predicted molar refractivity (Wildman–Crippen MR) is 83.0 cm³/mol. The van der Waals surface area contributed by atoms with Crippen LogP contribution in [0.2, 0.25) is 0 Å². The molecule has 2 nitrogen and oxygen atoms in total. The van der Waals surface area contributed by atoms with E-state index in [1.54, 1.807) is 5.56 Å². The van der Waals surface area contributed by atoms with Crippen molar-refractivity contribution in [2.45, 2.75) is 49.5 Å². The topological polar surface area (TPSA) is 15.3 Å². The third kappa shape index (κ3) is 1.93. The average molecular weight is 270 g/mol. The van der Waals surface area contributed by atoms with Crippen LogP contribution in [0.4, 0.5) is 0 Å². The monoisotopic (exact) mass is 270 g/mol. The fourth-order valence-electron chi connectivity index (χ4n) is 4.88. The zero-order valence-corrected chi connectivity index (χ0v) is 12.4. The molecule has 1 saturated carbocycles. The Labute approximate surface area is 122 Å². The van der Waals surface area contributed by atoms with Crippen LogP contribution in [0.25, 0.3) is 0 Å². The summed E-state index contributed by atoms with van der Waals surface area (Å²) < 4.78 is 0. The minimum atomic E-state index is 0.404. The van der Waals surface area contributed by atoms with Crippen molar-refractivity contribution in [3.63, 3.8) is 0 Å². The van der Waals surface area contributed by atoms with Crippen molar-refractivity contribution < 1.29 is 0 Å². The summed E-state index contributed by atoms with van der Waals surface area (Å²) >= 11 is 0. The molecule has 1 N–H and O–H groups in total. The van der Waals surface area contributed by atoms with Crippen molar-refractivity contribution in [3.05, 3.63) is 35.9 Å². The Morgan fingerprint density at radius 2 is 1.55 bits per heavy atom. The zero-order chi connectivity index (χ0) is 13.5. The number of benzene rings is 1. The zero-order valence-electron chi connectivity index (χ0n) is 12.4. The molecule has 0 unspecified atom stereocenters. The second kappa shape index (κ2) is 4.85. The Hall–Kier alpha value is -0.860. The number of hydrogen-bond donors (Lipinski definition) is 1. The molecule has 3 saturated heterocycles. The molecular weight excluding hydrogens is 244 g/mol. The van der Waals surface area contributed by atoms with E-state index in [2.05, 4.69) is 40.5 Å². The molecule has 0 atom stereocenters. The van der Waals surface area contributed by atoms with Gasteiger partial charge in [0.25, 0.3) is 0 Å². The first-order valence-electron chi connectivity index (χ1n) is 8.35. The molecule has 1 aliphatic carbocycles. The van der Waals surface area contributed by atoms with Gasteiger partial charge in [-0.15, -0.1) is 0 Å². The lowest BCUT2D eigenvalue weighted by molar-refractivity contribution is 0.0699. The van der Waals surface area contributed by atoms with Crippen molar-refractivity contribution in [2.24, 2.45) is 0 Å². The first-order chi connectivity index (χ1) is 9.83. The summed E-state index contributed by atoms with van der Waals surface area (Å²) in [7, 11) is 0. The molecule has 108 valence electrons. The normalized spacial score (nSPS) is 38.0. The highest BCUT2D eigenvalue weighted by Gasteiger charge is 2.49. The summed E-state index contributed by atoms with van der Waals surface area (Å²) in [5, 5.41) is 3.82. The molecular formula is C18H26N2.